The standard InChI is InChI=1S/C29H30O9/c1-18(2)27(31)36-16-14-35-26-17-23(29(33)37-15-13-34-21(6)20(5)30)9-12-25(26)22-7-10-24(11-8-22)38-28(32)19(3)4/h7-12,17H,1,3,6,13-16H2,2,4-5H3. The third-order valence-electron chi connectivity index (χ3n) is 4.85. The Morgan fingerprint density at radius 3 is 1.92 bits per heavy atom. The van der Waals surface area contributed by atoms with Crippen molar-refractivity contribution in [3.05, 3.63) is 84.7 Å². The van der Waals surface area contributed by atoms with Crippen LogP contribution in [-0.4, -0.2) is 50.1 Å². The highest BCUT2D eigenvalue weighted by Gasteiger charge is 2.15. The number of benzene rings is 2. The van der Waals surface area contributed by atoms with Gasteiger partial charge in [-0.2, -0.15) is 0 Å². The average Bonchev–Trinajstić information content (AvgIpc) is 2.88. The van der Waals surface area contributed by atoms with Gasteiger partial charge in [0, 0.05) is 23.6 Å². The molecular formula is C29H30O9. The highest BCUT2D eigenvalue weighted by molar-refractivity contribution is 5.92. The summed E-state index contributed by atoms with van der Waals surface area (Å²) in [6.45, 7) is 14.8. The topological polar surface area (TPSA) is 114 Å². The molecule has 9 heteroatoms. The minimum atomic E-state index is -0.630. The summed E-state index contributed by atoms with van der Waals surface area (Å²) in [7, 11) is 0. The van der Waals surface area contributed by atoms with Gasteiger partial charge in [0.1, 0.15) is 37.9 Å². The minimum absolute atomic E-state index is 0.0137. The summed E-state index contributed by atoms with van der Waals surface area (Å²) in [5.41, 5.74) is 2.09. The van der Waals surface area contributed by atoms with Crippen molar-refractivity contribution in [1.82, 2.24) is 0 Å². The van der Waals surface area contributed by atoms with Gasteiger partial charge < -0.3 is 23.7 Å². The van der Waals surface area contributed by atoms with Gasteiger partial charge in [-0.25, -0.2) is 14.4 Å². The number of ketones is 1. The van der Waals surface area contributed by atoms with Gasteiger partial charge in [-0.1, -0.05) is 31.9 Å². The van der Waals surface area contributed by atoms with E-state index in [1.807, 2.05) is 0 Å². The fourth-order valence-electron chi connectivity index (χ4n) is 2.80. The van der Waals surface area contributed by atoms with Gasteiger partial charge in [0.15, 0.2) is 11.5 Å². The van der Waals surface area contributed by atoms with Crippen LogP contribution in [0.1, 0.15) is 31.1 Å². The molecule has 38 heavy (non-hydrogen) atoms. The first-order chi connectivity index (χ1) is 18.0. The third kappa shape index (κ3) is 9.09. The molecule has 0 atom stereocenters. The van der Waals surface area contributed by atoms with Crippen LogP contribution in [0.3, 0.4) is 0 Å². The largest absolute Gasteiger partial charge is 0.489 e. The minimum Gasteiger partial charge on any atom is -0.489 e. The number of hydrogen-bond donors (Lipinski definition) is 0. The van der Waals surface area contributed by atoms with E-state index in [0.717, 1.165) is 0 Å². The van der Waals surface area contributed by atoms with Crippen LogP contribution in [0.4, 0.5) is 0 Å². The average molecular weight is 523 g/mol. The van der Waals surface area contributed by atoms with E-state index in [4.69, 9.17) is 23.7 Å². The zero-order valence-electron chi connectivity index (χ0n) is 21.7. The molecule has 0 aromatic heterocycles. The van der Waals surface area contributed by atoms with E-state index in [2.05, 4.69) is 19.7 Å². The zero-order chi connectivity index (χ0) is 28.2. The molecule has 0 spiro atoms. The number of hydrogen-bond acceptors (Lipinski definition) is 9. The maximum Gasteiger partial charge on any atom is 0.338 e. The molecule has 0 fully saturated rings. The summed E-state index contributed by atoms with van der Waals surface area (Å²) in [6.07, 6.45) is 0. The van der Waals surface area contributed by atoms with Gasteiger partial charge >= 0.3 is 17.9 Å². The molecule has 2 rings (SSSR count). The van der Waals surface area contributed by atoms with Crippen molar-refractivity contribution in [1.29, 1.82) is 0 Å². The normalized spacial score (nSPS) is 10.1. The van der Waals surface area contributed by atoms with E-state index >= 15 is 0 Å². The Morgan fingerprint density at radius 1 is 0.711 bits per heavy atom. The predicted molar refractivity (Wildman–Crippen MR) is 140 cm³/mol. The van der Waals surface area contributed by atoms with Crippen molar-refractivity contribution in [2.24, 2.45) is 0 Å². The number of ether oxygens (including phenoxy) is 5. The Labute approximate surface area is 221 Å². The van der Waals surface area contributed by atoms with Gasteiger partial charge in [0.05, 0.1) is 5.56 Å². The van der Waals surface area contributed by atoms with Crippen LogP contribution in [0.25, 0.3) is 11.1 Å². The molecule has 0 saturated heterocycles. The van der Waals surface area contributed by atoms with Crippen LogP contribution < -0.4 is 9.47 Å². The van der Waals surface area contributed by atoms with Crippen molar-refractivity contribution in [2.45, 2.75) is 20.8 Å². The molecule has 0 N–H and O–H groups in total. The highest BCUT2D eigenvalue weighted by Crippen LogP contribution is 2.32. The lowest BCUT2D eigenvalue weighted by Gasteiger charge is -2.14. The maximum atomic E-state index is 12.6. The van der Waals surface area contributed by atoms with E-state index in [1.54, 1.807) is 43.3 Å². The second-order valence-corrected chi connectivity index (χ2v) is 8.13. The molecule has 0 heterocycles. The number of allylic oxidation sites excluding steroid dienone is 1. The van der Waals surface area contributed by atoms with Crippen molar-refractivity contribution < 1.29 is 42.9 Å². The molecular weight excluding hydrogens is 492 g/mol. The zero-order valence-corrected chi connectivity index (χ0v) is 21.7. The van der Waals surface area contributed by atoms with Crippen molar-refractivity contribution >= 4 is 23.7 Å². The molecule has 0 aliphatic heterocycles. The molecule has 9 nitrogen and oxygen atoms in total. The second kappa shape index (κ2) is 14.2. The Kier molecular flexibility index (Phi) is 11.0. The molecule has 0 amide bonds. The van der Waals surface area contributed by atoms with Gasteiger partial charge in [-0.15, -0.1) is 0 Å². The Hall–Kier alpha value is -4.66. The van der Waals surface area contributed by atoms with Gasteiger partial charge in [0.2, 0.25) is 0 Å². The number of rotatable bonds is 14. The third-order valence-corrected chi connectivity index (χ3v) is 4.85. The molecule has 0 bridgehead atoms. The summed E-state index contributed by atoms with van der Waals surface area (Å²) in [4.78, 5) is 47.1. The highest BCUT2D eigenvalue weighted by atomic mass is 16.6. The number of carbonyl (C=O) groups is 4. The summed E-state index contributed by atoms with van der Waals surface area (Å²) in [5, 5.41) is 0. The smallest absolute Gasteiger partial charge is 0.338 e. The van der Waals surface area contributed by atoms with Crippen LogP contribution >= 0.6 is 0 Å². The number of Topliss-reactive ketones (excluding diaryl/α,β-unsaturated/α-hetero) is 1. The Morgan fingerprint density at radius 2 is 1.32 bits per heavy atom. The predicted octanol–water partition coefficient (Wildman–Crippen LogP) is 4.61. The van der Waals surface area contributed by atoms with Crippen molar-refractivity contribution in [3.63, 3.8) is 0 Å². The van der Waals surface area contributed by atoms with Crippen LogP contribution in [0, 0.1) is 0 Å². The lowest BCUT2D eigenvalue weighted by Crippen LogP contribution is -2.14. The fourth-order valence-corrected chi connectivity index (χ4v) is 2.80. The first kappa shape index (κ1) is 29.6. The lowest BCUT2D eigenvalue weighted by molar-refractivity contribution is -0.139. The molecule has 0 aliphatic carbocycles. The van der Waals surface area contributed by atoms with Crippen molar-refractivity contribution in [3.8, 4) is 22.6 Å². The first-order valence-corrected chi connectivity index (χ1v) is 11.6. The molecule has 0 aliphatic rings. The SMILES string of the molecule is C=C(C)C(=O)OCCOc1cc(C(=O)OCCOC(=C)C(C)=O)ccc1-c1ccc(OC(=O)C(=C)C)cc1. The van der Waals surface area contributed by atoms with Gasteiger partial charge in [0.25, 0.3) is 0 Å². The first-order valence-electron chi connectivity index (χ1n) is 11.6. The summed E-state index contributed by atoms with van der Waals surface area (Å²) in [5.74, 6) is -1.37. The number of carbonyl (C=O) groups excluding carboxylic acids is 4. The maximum absolute atomic E-state index is 12.6. The molecule has 0 unspecified atom stereocenters. The second-order valence-electron chi connectivity index (χ2n) is 8.13. The van der Waals surface area contributed by atoms with E-state index in [-0.39, 0.29) is 54.7 Å². The van der Waals surface area contributed by atoms with Crippen LogP contribution in [0.5, 0.6) is 11.5 Å². The van der Waals surface area contributed by atoms with Crippen LogP contribution in [0.2, 0.25) is 0 Å². The lowest BCUT2D eigenvalue weighted by atomic mass is 10.0. The fraction of sp³-hybridized carbons (Fsp3) is 0.241. The Bertz CT molecular complexity index is 1240. The quantitative estimate of drug-likeness (QED) is 0.115. The van der Waals surface area contributed by atoms with Crippen molar-refractivity contribution in [2.75, 3.05) is 26.4 Å². The van der Waals surface area contributed by atoms with Gasteiger partial charge in [-0.05, 0) is 49.7 Å². The van der Waals surface area contributed by atoms with E-state index < -0.39 is 17.9 Å². The molecule has 2 aromatic carbocycles. The van der Waals surface area contributed by atoms with Crippen LogP contribution in [0.15, 0.2) is 79.1 Å². The summed E-state index contributed by atoms with van der Waals surface area (Å²) < 4.78 is 26.4. The molecule has 0 saturated carbocycles. The van der Waals surface area contributed by atoms with E-state index in [1.165, 1.54) is 19.9 Å². The Balaban J connectivity index is 2.19. The van der Waals surface area contributed by atoms with Gasteiger partial charge in [-0.3, -0.25) is 4.79 Å². The molecule has 2 aromatic rings. The molecule has 0 radical (unpaired) electrons. The monoisotopic (exact) mass is 522 g/mol. The van der Waals surface area contributed by atoms with E-state index in [0.29, 0.717) is 22.6 Å². The molecule has 200 valence electrons. The van der Waals surface area contributed by atoms with E-state index in [9.17, 15) is 19.2 Å². The number of esters is 3. The summed E-state index contributed by atoms with van der Waals surface area (Å²) >= 11 is 0. The summed E-state index contributed by atoms with van der Waals surface area (Å²) in [6, 6.07) is 11.4. The van der Waals surface area contributed by atoms with Crippen LogP contribution in [-0.2, 0) is 28.6 Å².